The quantitative estimate of drug-likeness (QED) is 0.160. The first-order valence-electron chi connectivity index (χ1n) is 9.97. The summed E-state index contributed by atoms with van der Waals surface area (Å²) in [4.78, 5) is 12.1. The number of aromatic nitrogens is 2. The number of halogens is 1. The molecule has 5 nitrogen and oxygen atoms in total. The molecule has 0 saturated carbocycles. The monoisotopic (exact) mass is 510 g/mol. The van der Waals surface area contributed by atoms with Crippen LogP contribution in [0.15, 0.2) is 92.6 Å². The van der Waals surface area contributed by atoms with Gasteiger partial charge >= 0.3 is 0 Å². The van der Waals surface area contributed by atoms with Crippen LogP contribution in [0, 0.1) is 0 Å². The fourth-order valence-electron chi connectivity index (χ4n) is 2.77. The molecule has 0 spiro atoms. The Labute approximate surface area is 209 Å². The summed E-state index contributed by atoms with van der Waals surface area (Å²) >= 11 is 10.3. The van der Waals surface area contributed by atoms with Crippen LogP contribution in [0.3, 0.4) is 0 Å². The minimum absolute atomic E-state index is 0.192. The SMILES string of the molecule is O=C(CSc1nnc(SCc2ccc(Cl)cc2)s1)NN=Cc1ccc(-c2ccccc2)cc1. The summed E-state index contributed by atoms with van der Waals surface area (Å²) in [5.74, 6) is 0.821. The zero-order valence-corrected chi connectivity index (χ0v) is 20.6. The van der Waals surface area contributed by atoms with Crippen LogP contribution in [0.4, 0.5) is 0 Å². The third-order valence-corrected chi connectivity index (χ3v) is 7.92. The second-order valence-electron chi connectivity index (χ2n) is 6.82. The van der Waals surface area contributed by atoms with E-state index in [1.807, 2.05) is 66.7 Å². The molecule has 0 aliphatic heterocycles. The van der Waals surface area contributed by atoms with Crippen molar-refractivity contribution < 1.29 is 4.79 Å². The van der Waals surface area contributed by atoms with Crippen LogP contribution in [-0.2, 0) is 10.5 Å². The molecule has 0 atom stereocenters. The van der Waals surface area contributed by atoms with E-state index < -0.39 is 0 Å². The first kappa shape index (κ1) is 23.5. The highest BCUT2D eigenvalue weighted by Crippen LogP contribution is 2.30. The molecule has 1 aromatic heterocycles. The van der Waals surface area contributed by atoms with Crippen LogP contribution >= 0.6 is 46.5 Å². The Balaban J connectivity index is 1.19. The highest BCUT2D eigenvalue weighted by molar-refractivity contribution is 8.03. The topological polar surface area (TPSA) is 67.2 Å². The van der Waals surface area contributed by atoms with E-state index in [1.165, 1.54) is 28.7 Å². The van der Waals surface area contributed by atoms with Gasteiger partial charge in [-0.25, -0.2) is 5.43 Å². The van der Waals surface area contributed by atoms with E-state index in [0.717, 1.165) is 36.1 Å². The normalized spacial score (nSPS) is 11.1. The number of hydrogen-bond acceptors (Lipinski definition) is 7. The Morgan fingerprint density at radius 2 is 1.58 bits per heavy atom. The molecule has 9 heteroatoms. The zero-order chi connectivity index (χ0) is 22.9. The van der Waals surface area contributed by atoms with E-state index in [0.29, 0.717) is 0 Å². The molecule has 0 aliphatic carbocycles. The number of hydrazone groups is 1. The van der Waals surface area contributed by atoms with Gasteiger partial charge in [0.05, 0.1) is 12.0 Å². The van der Waals surface area contributed by atoms with Gasteiger partial charge in [0, 0.05) is 10.8 Å². The van der Waals surface area contributed by atoms with Crippen molar-refractivity contribution >= 4 is 58.6 Å². The second-order valence-corrected chi connectivity index (χ2v) is 10.7. The molecule has 4 rings (SSSR count). The van der Waals surface area contributed by atoms with E-state index in [4.69, 9.17) is 11.6 Å². The van der Waals surface area contributed by atoms with Crippen molar-refractivity contribution in [1.82, 2.24) is 15.6 Å². The number of hydrogen-bond donors (Lipinski definition) is 1. The minimum atomic E-state index is -0.192. The van der Waals surface area contributed by atoms with Gasteiger partial charge in [-0.05, 0) is 34.4 Å². The van der Waals surface area contributed by atoms with Crippen LogP contribution in [0.1, 0.15) is 11.1 Å². The molecule has 0 fully saturated rings. The van der Waals surface area contributed by atoms with Gasteiger partial charge in [0.1, 0.15) is 0 Å². The lowest BCUT2D eigenvalue weighted by atomic mass is 10.0. The Bertz CT molecular complexity index is 1210. The number of thioether (sulfide) groups is 2. The summed E-state index contributed by atoms with van der Waals surface area (Å²) in [5.41, 5.74) is 6.93. The number of amides is 1. The predicted octanol–water partition coefficient (Wildman–Crippen LogP) is 6.39. The van der Waals surface area contributed by atoms with Crippen molar-refractivity contribution in [3.63, 3.8) is 0 Å². The van der Waals surface area contributed by atoms with Gasteiger partial charge in [0.15, 0.2) is 8.68 Å². The molecule has 3 aromatic carbocycles. The molecule has 4 aromatic rings. The Hall–Kier alpha value is -2.65. The maximum Gasteiger partial charge on any atom is 0.250 e. The van der Waals surface area contributed by atoms with E-state index in [1.54, 1.807) is 18.0 Å². The van der Waals surface area contributed by atoms with Crippen LogP contribution in [0.25, 0.3) is 11.1 Å². The first-order chi connectivity index (χ1) is 16.2. The number of carbonyl (C=O) groups excluding carboxylic acids is 1. The Morgan fingerprint density at radius 1 is 0.909 bits per heavy atom. The van der Waals surface area contributed by atoms with Gasteiger partial charge in [0.2, 0.25) is 0 Å². The molecule has 1 amide bonds. The number of nitrogens with one attached hydrogen (secondary N) is 1. The molecule has 1 heterocycles. The van der Waals surface area contributed by atoms with Crippen LogP contribution in [-0.4, -0.2) is 28.1 Å². The van der Waals surface area contributed by atoms with Gasteiger partial charge in [-0.1, -0.05) is 113 Å². The predicted molar refractivity (Wildman–Crippen MR) is 139 cm³/mol. The molecular weight excluding hydrogens is 492 g/mol. The van der Waals surface area contributed by atoms with E-state index in [-0.39, 0.29) is 11.7 Å². The fraction of sp³-hybridized carbons (Fsp3) is 0.0833. The van der Waals surface area contributed by atoms with Gasteiger partial charge in [0.25, 0.3) is 5.91 Å². The highest BCUT2D eigenvalue weighted by atomic mass is 35.5. The average molecular weight is 511 g/mol. The summed E-state index contributed by atoms with van der Waals surface area (Å²) < 4.78 is 1.62. The molecule has 0 saturated heterocycles. The van der Waals surface area contributed by atoms with Gasteiger partial charge in [-0.15, -0.1) is 10.2 Å². The van der Waals surface area contributed by atoms with Crippen LogP contribution < -0.4 is 5.43 Å². The first-order valence-corrected chi connectivity index (χ1v) is 13.1. The molecule has 0 bridgehead atoms. The molecule has 0 radical (unpaired) electrons. The maximum absolute atomic E-state index is 12.1. The van der Waals surface area contributed by atoms with Gasteiger partial charge in [-0.2, -0.15) is 5.10 Å². The lowest BCUT2D eigenvalue weighted by molar-refractivity contribution is -0.118. The van der Waals surface area contributed by atoms with Crippen LogP contribution in [0.2, 0.25) is 5.02 Å². The molecule has 166 valence electrons. The molecule has 1 N–H and O–H groups in total. The van der Waals surface area contributed by atoms with Crippen molar-refractivity contribution in [2.45, 2.75) is 14.4 Å². The Kier molecular flexibility index (Phi) is 8.54. The third-order valence-electron chi connectivity index (χ3n) is 4.41. The van der Waals surface area contributed by atoms with Crippen molar-refractivity contribution in [2.75, 3.05) is 5.75 Å². The van der Waals surface area contributed by atoms with Crippen molar-refractivity contribution in [1.29, 1.82) is 0 Å². The minimum Gasteiger partial charge on any atom is -0.272 e. The summed E-state index contributed by atoms with van der Waals surface area (Å²) in [6, 6.07) is 25.9. The third kappa shape index (κ3) is 7.43. The van der Waals surface area contributed by atoms with Gasteiger partial charge in [-0.3, -0.25) is 4.79 Å². The number of rotatable bonds is 9. The summed E-state index contributed by atoms with van der Waals surface area (Å²) in [6.07, 6.45) is 1.63. The molecule has 0 unspecified atom stereocenters. The summed E-state index contributed by atoms with van der Waals surface area (Å²) in [6.45, 7) is 0. The van der Waals surface area contributed by atoms with Crippen molar-refractivity contribution in [3.8, 4) is 11.1 Å². The number of carbonyl (C=O) groups is 1. The fourth-order valence-corrected chi connectivity index (χ4v) is 5.66. The average Bonchev–Trinajstić information content (AvgIpc) is 3.31. The standard InChI is InChI=1S/C24H19ClN4OS3/c25-21-12-8-18(9-13-21)15-31-23-28-29-24(33-23)32-16-22(30)27-26-14-17-6-10-20(11-7-17)19-4-2-1-3-5-19/h1-14H,15-16H2,(H,27,30). The molecule has 0 aliphatic rings. The second kappa shape index (κ2) is 12.0. The lowest BCUT2D eigenvalue weighted by Gasteiger charge is -2.02. The van der Waals surface area contributed by atoms with Crippen molar-refractivity contribution in [2.24, 2.45) is 5.10 Å². The maximum atomic E-state index is 12.1. The van der Waals surface area contributed by atoms with Crippen molar-refractivity contribution in [3.05, 3.63) is 95.0 Å². The van der Waals surface area contributed by atoms with Gasteiger partial charge < -0.3 is 0 Å². The van der Waals surface area contributed by atoms with Crippen LogP contribution in [0.5, 0.6) is 0 Å². The summed E-state index contributed by atoms with van der Waals surface area (Å²) in [5, 5.41) is 13.1. The molecule has 33 heavy (non-hydrogen) atoms. The Morgan fingerprint density at radius 3 is 2.30 bits per heavy atom. The zero-order valence-electron chi connectivity index (χ0n) is 17.3. The van der Waals surface area contributed by atoms with E-state index in [9.17, 15) is 4.79 Å². The molecular formula is C24H19ClN4OS3. The summed E-state index contributed by atoms with van der Waals surface area (Å²) in [7, 11) is 0. The smallest absolute Gasteiger partial charge is 0.250 e. The van der Waals surface area contributed by atoms with E-state index >= 15 is 0 Å². The van der Waals surface area contributed by atoms with E-state index in [2.05, 4.69) is 32.9 Å². The lowest BCUT2D eigenvalue weighted by Crippen LogP contribution is -2.19. The highest BCUT2D eigenvalue weighted by Gasteiger charge is 2.08. The largest absolute Gasteiger partial charge is 0.272 e. The number of nitrogens with zero attached hydrogens (tertiary/aromatic N) is 3. The number of benzene rings is 3.